The third-order valence-electron chi connectivity index (χ3n) is 12.5. The van der Waals surface area contributed by atoms with Crippen molar-refractivity contribution in [3.8, 4) is 22.3 Å². The standard InChI is InChI=1S/C54H35NO3S/c1-2-13-32(14-3-1)33-15-10-16-34(29-33)55(44-23-12-20-38-36-17-4-7-24-45(36)57-52(38)44)35-27-28-47-42(30-35)43-31-48-50(40-19-5-8-25-46(40)56-48)51(53(43)58-47)41-22-11-21-39-37-18-6-9-26-49(37)59-54(39)41/h1-5,7-17,19-31,37,49H,6,18H2. The van der Waals surface area contributed by atoms with Crippen molar-refractivity contribution < 1.29 is 13.3 Å². The van der Waals surface area contributed by atoms with Gasteiger partial charge < -0.3 is 18.2 Å². The highest BCUT2D eigenvalue weighted by atomic mass is 32.2. The molecule has 2 aliphatic rings. The van der Waals surface area contributed by atoms with Gasteiger partial charge in [-0.3, -0.25) is 0 Å². The van der Waals surface area contributed by atoms with Gasteiger partial charge in [-0.2, -0.15) is 0 Å². The second kappa shape index (κ2) is 12.8. The van der Waals surface area contributed by atoms with E-state index in [1.54, 1.807) is 0 Å². The average molecular weight is 778 g/mol. The fraction of sp³-hybridized carbons (Fsp3) is 0.0741. The number of nitrogens with zero attached hydrogens (tertiary/aromatic N) is 1. The zero-order chi connectivity index (χ0) is 38.6. The minimum Gasteiger partial charge on any atom is -0.456 e. The van der Waals surface area contributed by atoms with E-state index in [2.05, 4.69) is 163 Å². The monoisotopic (exact) mass is 777 g/mol. The summed E-state index contributed by atoms with van der Waals surface area (Å²) >= 11 is 2.00. The predicted octanol–water partition coefficient (Wildman–Crippen LogP) is 16.1. The molecule has 59 heavy (non-hydrogen) atoms. The smallest absolute Gasteiger partial charge is 0.159 e. The Hall–Kier alpha value is -6.95. The first-order chi connectivity index (χ1) is 29.2. The molecule has 0 spiro atoms. The van der Waals surface area contributed by atoms with E-state index in [1.807, 2.05) is 30.0 Å². The number of hydrogen-bond donors (Lipinski definition) is 0. The lowest BCUT2D eigenvalue weighted by atomic mass is 9.86. The summed E-state index contributed by atoms with van der Waals surface area (Å²) in [6, 6.07) is 58.1. The number of hydrogen-bond acceptors (Lipinski definition) is 5. The fourth-order valence-electron chi connectivity index (χ4n) is 9.86. The number of thioether (sulfide) groups is 1. The molecule has 280 valence electrons. The minimum absolute atomic E-state index is 0.455. The summed E-state index contributed by atoms with van der Waals surface area (Å²) in [6.45, 7) is 0. The molecule has 2 unspecified atom stereocenters. The molecule has 0 N–H and O–H groups in total. The molecule has 13 rings (SSSR count). The Morgan fingerprint density at radius 3 is 2.15 bits per heavy atom. The number of fused-ring (bicyclic) bond motifs is 12. The molecule has 0 saturated heterocycles. The van der Waals surface area contributed by atoms with Crippen molar-refractivity contribution >= 4 is 94.6 Å². The lowest BCUT2D eigenvalue weighted by molar-refractivity contribution is 0.634. The molecule has 3 aromatic heterocycles. The molecular weight excluding hydrogens is 743 g/mol. The van der Waals surface area contributed by atoms with E-state index in [0.717, 1.165) is 106 Å². The van der Waals surface area contributed by atoms with Gasteiger partial charge in [0.1, 0.15) is 27.9 Å². The van der Waals surface area contributed by atoms with Crippen molar-refractivity contribution in [1.82, 2.24) is 0 Å². The first-order valence-electron chi connectivity index (χ1n) is 20.4. The molecule has 1 aliphatic carbocycles. The van der Waals surface area contributed by atoms with Crippen LogP contribution < -0.4 is 4.90 Å². The van der Waals surface area contributed by atoms with Gasteiger partial charge in [-0.15, -0.1) is 11.8 Å². The quantitative estimate of drug-likeness (QED) is 0.163. The van der Waals surface area contributed by atoms with Crippen LogP contribution in [0.1, 0.15) is 24.3 Å². The molecular formula is C54H35NO3S. The first kappa shape index (κ1) is 33.1. The summed E-state index contributed by atoms with van der Waals surface area (Å²) in [5, 5.41) is 6.89. The van der Waals surface area contributed by atoms with Crippen LogP contribution in [-0.2, 0) is 0 Å². The molecule has 0 saturated carbocycles. The van der Waals surface area contributed by atoms with Crippen LogP contribution in [0.2, 0.25) is 0 Å². The summed E-state index contributed by atoms with van der Waals surface area (Å²) in [6.07, 6.45) is 7.08. The van der Waals surface area contributed by atoms with E-state index in [1.165, 1.54) is 22.4 Å². The van der Waals surface area contributed by atoms with Crippen LogP contribution in [0, 0.1) is 0 Å². The van der Waals surface area contributed by atoms with E-state index in [0.29, 0.717) is 11.2 Å². The SMILES string of the molecule is C1=CC2Sc3c(-c4c5oc6ccc(N(c7cccc(-c8ccccc8)c7)c7cccc8c7oc7ccccc78)cc6c5cc5oc6ccccc6c45)cccc3C2CC1. The summed E-state index contributed by atoms with van der Waals surface area (Å²) < 4.78 is 20.5. The summed E-state index contributed by atoms with van der Waals surface area (Å²) in [5.41, 5.74) is 14.2. The fourth-order valence-corrected chi connectivity index (χ4v) is 11.4. The van der Waals surface area contributed by atoms with Gasteiger partial charge in [-0.25, -0.2) is 0 Å². The number of allylic oxidation sites excluding steroid dienone is 1. The molecule has 2 atom stereocenters. The van der Waals surface area contributed by atoms with Gasteiger partial charge in [-0.05, 0) is 84.1 Å². The Kier molecular flexibility index (Phi) is 7.16. The van der Waals surface area contributed by atoms with Gasteiger partial charge >= 0.3 is 0 Å². The molecule has 0 amide bonds. The minimum atomic E-state index is 0.455. The summed E-state index contributed by atoms with van der Waals surface area (Å²) in [4.78, 5) is 3.68. The second-order valence-corrected chi connectivity index (χ2v) is 17.0. The Labute approximate surface area is 344 Å². The molecule has 0 fully saturated rings. The van der Waals surface area contributed by atoms with Gasteiger partial charge in [0.2, 0.25) is 0 Å². The number of anilines is 3. The predicted molar refractivity (Wildman–Crippen MR) is 245 cm³/mol. The molecule has 5 heteroatoms. The average Bonchev–Trinajstić information content (AvgIpc) is 4.06. The highest BCUT2D eigenvalue weighted by molar-refractivity contribution is 8.00. The Morgan fingerprint density at radius 1 is 0.508 bits per heavy atom. The normalized spacial score (nSPS) is 16.2. The van der Waals surface area contributed by atoms with Crippen LogP contribution in [0.15, 0.2) is 194 Å². The van der Waals surface area contributed by atoms with E-state index < -0.39 is 0 Å². The van der Waals surface area contributed by atoms with Crippen molar-refractivity contribution in [2.24, 2.45) is 0 Å². The second-order valence-electron chi connectivity index (χ2n) is 15.8. The largest absolute Gasteiger partial charge is 0.456 e. The Balaban J connectivity index is 1.08. The van der Waals surface area contributed by atoms with E-state index >= 15 is 0 Å². The molecule has 8 aromatic carbocycles. The van der Waals surface area contributed by atoms with Crippen molar-refractivity contribution in [3.05, 3.63) is 182 Å². The van der Waals surface area contributed by atoms with Crippen molar-refractivity contribution in [3.63, 3.8) is 0 Å². The topological polar surface area (TPSA) is 42.7 Å². The van der Waals surface area contributed by atoms with Crippen LogP contribution in [0.5, 0.6) is 0 Å². The number of rotatable bonds is 5. The lowest BCUT2D eigenvalue weighted by Gasteiger charge is -2.26. The van der Waals surface area contributed by atoms with Crippen molar-refractivity contribution in [2.45, 2.75) is 28.9 Å². The van der Waals surface area contributed by atoms with Gasteiger partial charge in [-0.1, -0.05) is 121 Å². The molecule has 0 radical (unpaired) electrons. The summed E-state index contributed by atoms with van der Waals surface area (Å²) in [7, 11) is 0. The van der Waals surface area contributed by atoms with Crippen LogP contribution in [-0.4, -0.2) is 5.25 Å². The van der Waals surface area contributed by atoms with E-state index in [4.69, 9.17) is 13.3 Å². The maximum atomic E-state index is 7.07. The van der Waals surface area contributed by atoms with Crippen molar-refractivity contribution in [2.75, 3.05) is 4.90 Å². The first-order valence-corrected chi connectivity index (χ1v) is 21.3. The van der Waals surface area contributed by atoms with E-state index in [9.17, 15) is 0 Å². The highest BCUT2D eigenvalue weighted by Gasteiger charge is 2.36. The van der Waals surface area contributed by atoms with Crippen LogP contribution >= 0.6 is 11.8 Å². The zero-order valence-electron chi connectivity index (χ0n) is 31.9. The van der Waals surface area contributed by atoms with Gasteiger partial charge in [0.15, 0.2) is 5.58 Å². The Bertz CT molecular complexity index is 3520. The van der Waals surface area contributed by atoms with Crippen LogP contribution in [0.25, 0.3) is 88.1 Å². The molecule has 1 aliphatic heterocycles. The lowest BCUT2D eigenvalue weighted by Crippen LogP contribution is -2.10. The molecule has 0 bridgehead atoms. The van der Waals surface area contributed by atoms with Crippen molar-refractivity contribution in [1.29, 1.82) is 0 Å². The third-order valence-corrected chi connectivity index (χ3v) is 14.0. The van der Waals surface area contributed by atoms with Gasteiger partial charge in [0, 0.05) is 70.9 Å². The molecule has 11 aromatic rings. The maximum Gasteiger partial charge on any atom is 0.159 e. The van der Waals surface area contributed by atoms with Crippen LogP contribution in [0.3, 0.4) is 0 Å². The summed E-state index contributed by atoms with van der Waals surface area (Å²) in [5.74, 6) is 0.525. The highest BCUT2D eigenvalue weighted by Crippen LogP contribution is 2.56. The third kappa shape index (κ3) is 4.98. The number of benzene rings is 8. The number of para-hydroxylation sites is 3. The Morgan fingerprint density at radius 2 is 1.24 bits per heavy atom. The molecule has 4 nitrogen and oxygen atoms in total. The van der Waals surface area contributed by atoms with E-state index in [-0.39, 0.29) is 0 Å². The van der Waals surface area contributed by atoms with Gasteiger partial charge in [0.25, 0.3) is 0 Å². The van der Waals surface area contributed by atoms with Crippen LogP contribution in [0.4, 0.5) is 17.1 Å². The molecule has 4 heterocycles. The zero-order valence-corrected chi connectivity index (χ0v) is 32.7. The van der Waals surface area contributed by atoms with Gasteiger partial charge in [0.05, 0.1) is 5.69 Å². The number of furan rings is 3. The maximum absolute atomic E-state index is 7.07.